The highest BCUT2D eigenvalue weighted by Crippen LogP contribution is 2.11. The molecule has 0 aliphatic rings. The number of amides is 4. The first-order valence-corrected chi connectivity index (χ1v) is 8.64. The molecule has 1 aromatic rings. The van der Waals surface area contributed by atoms with Crippen molar-refractivity contribution in [2.24, 2.45) is 0 Å². The summed E-state index contributed by atoms with van der Waals surface area (Å²) >= 11 is 3.31. The topological polar surface area (TPSA) is 99.3 Å². The van der Waals surface area contributed by atoms with Crippen LogP contribution in [-0.4, -0.2) is 44.0 Å². The monoisotopic (exact) mass is 398 g/mol. The molecule has 1 rings (SSSR count). The lowest BCUT2D eigenvalue weighted by atomic mass is 10.2. The van der Waals surface area contributed by atoms with Crippen molar-refractivity contribution in [1.29, 1.82) is 0 Å². The van der Waals surface area contributed by atoms with Crippen LogP contribution in [0.2, 0.25) is 0 Å². The largest absolute Gasteiger partial charge is 0.356 e. The van der Waals surface area contributed by atoms with Gasteiger partial charge in [0, 0.05) is 42.6 Å². The number of carbonyl (C=O) groups is 3. The van der Waals surface area contributed by atoms with E-state index in [0.717, 1.165) is 10.9 Å². The van der Waals surface area contributed by atoms with Gasteiger partial charge in [0.15, 0.2) is 0 Å². The van der Waals surface area contributed by atoms with Crippen LogP contribution in [0.5, 0.6) is 0 Å². The summed E-state index contributed by atoms with van der Waals surface area (Å²) in [6, 6.07) is 6.69. The van der Waals surface area contributed by atoms with Crippen molar-refractivity contribution in [3.8, 4) is 0 Å². The highest BCUT2D eigenvalue weighted by atomic mass is 79.9. The molecule has 0 atom stereocenters. The quantitative estimate of drug-likeness (QED) is 0.473. The number of hydrogen-bond donors (Lipinski definition) is 4. The van der Waals surface area contributed by atoms with Gasteiger partial charge in [-0.05, 0) is 24.6 Å². The number of carbonyl (C=O) groups excluding carboxylic acids is 3. The first-order valence-electron chi connectivity index (χ1n) is 7.85. The van der Waals surface area contributed by atoms with E-state index in [1.165, 1.54) is 0 Å². The Hall–Kier alpha value is -2.09. The first kappa shape index (κ1) is 20.0. The van der Waals surface area contributed by atoms with E-state index in [-0.39, 0.29) is 30.8 Å². The molecule has 0 aliphatic heterocycles. The lowest BCUT2D eigenvalue weighted by Gasteiger charge is -2.09. The van der Waals surface area contributed by atoms with E-state index >= 15 is 0 Å². The summed E-state index contributed by atoms with van der Waals surface area (Å²) in [5, 5.41) is 10.6. The molecule has 0 radical (unpaired) electrons. The number of halogens is 1. The number of urea groups is 1. The van der Waals surface area contributed by atoms with Crippen LogP contribution in [0.4, 0.5) is 4.79 Å². The SMILES string of the molecule is CCCNC(=O)CCNC(=O)NCCNC(=O)c1cccc(Br)c1. The summed E-state index contributed by atoms with van der Waals surface area (Å²) in [5.74, 6) is -0.287. The molecule has 24 heavy (non-hydrogen) atoms. The lowest BCUT2D eigenvalue weighted by Crippen LogP contribution is -2.41. The Balaban J connectivity index is 2.11. The van der Waals surface area contributed by atoms with Crippen molar-refractivity contribution in [3.05, 3.63) is 34.3 Å². The number of rotatable bonds is 9. The van der Waals surface area contributed by atoms with Crippen LogP contribution in [0.1, 0.15) is 30.1 Å². The predicted molar refractivity (Wildman–Crippen MR) is 95.8 cm³/mol. The maximum Gasteiger partial charge on any atom is 0.314 e. The molecule has 7 nitrogen and oxygen atoms in total. The van der Waals surface area contributed by atoms with E-state index in [9.17, 15) is 14.4 Å². The van der Waals surface area contributed by atoms with Crippen LogP contribution in [0.25, 0.3) is 0 Å². The third kappa shape index (κ3) is 8.52. The van der Waals surface area contributed by atoms with Crippen LogP contribution < -0.4 is 21.3 Å². The summed E-state index contributed by atoms with van der Waals surface area (Å²) in [7, 11) is 0. The fourth-order valence-corrected chi connectivity index (χ4v) is 2.19. The van der Waals surface area contributed by atoms with Crippen LogP contribution >= 0.6 is 15.9 Å². The minimum Gasteiger partial charge on any atom is -0.356 e. The van der Waals surface area contributed by atoms with Crippen molar-refractivity contribution in [3.63, 3.8) is 0 Å². The molecule has 4 amide bonds. The molecule has 132 valence electrons. The average Bonchev–Trinajstić information content (AvgIpc) is 2.56. The zero-order valence-electron chi connectivity index (χ0n) is 13.7. The second kappa shape index (κ2) is 11.4. The molecule has 0 saturated heterocycles. The third-order valence-electron chi connectivity index (χ3n) is 2.99. The average molecular weight is 399 g/mol. The van der Waals surface area contributed by atoms with Gasteiger partial charge in [0.25, 0.3) is 5.91 Å². The molecule has 0 aliphatic carbocycles. The second-order valence-corrected chi connectivity index (χ2v) is 5.96. The standard InChI is InChI=1S/C16H23BrN4O3/c1-2-7-18-14(22)6-8-20-16(24)21-10-9-19-15(23)12-4-3-5-13(17)11-12/h3-5,11H,2,6-10H2,1H3,(H,18,22)(H,19,23)(H2,20,21,24). The zero-order chi connectivity index (χ0) is 17.8. The van der Waals surface area contributed by atoms with E-state index in [1.807, 2.05) is 13.0 Å². The van der Waals surface area contributed by atoms with Gasteiger partial charge >= 0.3 is 6.03 Å². The van der Waals surface area contributed by atoms with Gasteiger partial charge < -0.3 is 21.3 Å². The maximum absolute atomic E-state index is 11.9. The van der Waals surface area contributed by atoms with E-state index < -0.39 is 0 Å². The fraction of sp³-hybridized carbons (Fsp3) is 0.438. The number of benzene rings is 1. The Morgan fingerprint density at radius 1 is 0.958 bits per heavy atom. The highest BCUT2D eigenvalue weighted by molar-refractivity contribution is 9.10. The first-order chi connectivity index (χ1) is 11.5. The van der Waals surface area contributed by atoms with Crippen molar-refractivity contribution < 1.29 is 14.4 Å². The van der Waals surface area contributed by atoms with Crippen molar-refractivity contribution >= 4 is 33.8 Å². The Morgan fingerprint density at radius 3 is 2.38 bits per heavy atom. The molecule has 0 bridgehead atoms. The number of nitrogens with one attached hydrogen (secondary N) is 4. The van der Waals surface area contributed by atoms with Gasteiger partial charge in [0.1, 0.15) is 0 Å². The van der Waals surface area contributed by atoms with E-state index in [2.05, 4.69) is 37.2 Å². The van der Waals surface area contributed by atoms with Crippen molar-refractivity contribution in [1.82, 2.24) is 21.3 Å². The molecule has 0 fully saturated rings. The van der Waals surface area contributed by atoms with Crippen LogP contribution in [0.15, 0.2) is 28.7 Å². The molecule has 0 unspecified atom stereocenters. The third-order valence-corrected chi connectivity index (χ3v) is 3.49. The van der Waals surface area contributed by atoms with Gasteiger partial charge in [-0.1, -0.05) is 28.9 Å². The van der Waals surface area contributed by atoms with Gasteiger partial charge in [-0.15, -0.1) is 0 Å². The molecular formula is C16H23BrN4O3. The van der Waals surface area contributed by atoms with Gasteiger partial charge in [-0.2, -0.15) is 0 Å². The Kier molecular flexibility index (Phi) is 9.52. The second-order valence-electron chi connectivity index (χ2n) is 5.05. The van der Waals surface area contributed by atoms with Gasteiger partial charge in [-0.25, -0.2) is 4.79 Å². The van der Waals surface area contributed by atoms with Crippen molar-refractivity contribution in [2.75, 3.05) is 26.2 Å². The summed E-state index contributed by atoms with van der Waals surface area (Å²) in [4.78, 5) is 34.7. The Morgan fingerprint density at radius 2 is 1.67 bits per heavy atom. The normalized spacial score (nSPS) is 9.92. The van der Waals surface area contributed by atoms with Gasteiger partial charge in [-0.3, -0.25) is 9.59 Å². The zero-order valence-corrected chi connectivity index (χ0v) is 15.2. The summed E-state index contributed by atoms with van der Waals surface area (Å²) in [6.45, 7) is 3.50. The summed E-state index contributed by atoms with van der Waals surface area (Å²) in [5.41, 5.74) is 0.548. The van der Waals surface area contributed by atoms with E-state index in [1.54, 1.807) is 18.2 Å². The van der Waals surface area contributed by atoms with E-state index in [4.69, 9.17) is 0 Å². The maximum atomic E-state index is 11.9. The minimum absolute atomic E-state index is 0.0848. The van der Waals surface area contributed by atoms with Crippen LogP contribution in [0, 0.1) is 0 Å². The van der Waals surface area contributed by atoms with Crippen LogP contribution in [-0.2, 0) is 4.79 Å². The predicted octanol–water partition coefficient (Wildman–Crippen LogP) is 1.39. The summed E-state index contributed by atoms with van der Waals surface area (Å²) < 4.78 is 0.829. The van der Waals surface area contributed by atoms with Crippen molar-refractivity contribution in [2.45, 2.75) is 19.8 Å². The van der Waals surface area contributed by atoms with Crippen LogP contribution in [0.3, 0.4) is 0 Å². The molecule has 0 spiro atoms. The molecule has 0 saturated carbocycles. The Bertz CT molecular complexity index is 566. The smallest absolute Gasteiger partial charge is 0.314 e. The number of hydrogen-bond acceptors (Lipinski definition) is 3. The van der Waals surface area contributed by atoms with E-state index in [0.29, 0.717) is 25.2 Å². The summed E-state index contributed by atoms with van der Waals surface area (Å²) in [6.07, 6.45) is 1.12. The molecule has 4 N–H and O–H groups in total. The molecule has 1 aromatic carbocycles. The molecule has 8 heteroatoms. The van der Waals surface area contributed by atoms with Gasteiger partial charge in [0.2, 0.25) is 5.91 Å². The fourth-order valence-electron chi connectivity index (χ4n) is 1.79. The molecular weight excluding hydrogens is 376 g/mol. The molecule has 0 aromatic heterocycles. The van der Waals surface area contributed by atoms with Gasteiger partial charge in [0.05, 0.1) is 0 Å². The Labute approximate surface area is 150 Å². The highest BCUT2D eigenvalue weighted by Gasteiger charge is 2.06. The lowest BCUT2D eigenvalue weighted by molar-refractivity contribution is -0.120. The minimum atomic E-state index is -0.366. The molecule has 0 heterocycles.